The van der Waals surface area contributed by atoms with Crippen molar-refractivity contribution in [3.8, 4) is 0 Å². The molecule has 0 aromatic carbocycles. The molecule has 0 aliphatic rings. The maximum Gasteiger partial charge on any atom is 0.305 e. The smallest absolute Gasteiger partial charge is 0.305 e. The van der Waals surface area contributed by atoms with Crippen LogP contribution in [0.2, 0.25) is 0 Å². The Kier molecular flexibility index (Phi) is 12.6. The quantitative estimate of drug-likeness (QED) is 0.636. The van der Waals surface area contributed by atoms with Gasteiger partial charge >= 0.3 is 5.97 Å². The van der Waals surface area contributed by atoms with E-state index in [2.05, 4.69) is 4.74 Å². The molecule has 0 aliphatic heterocycles. The van der Waals surface area contributed by atoms with Crippen molar-refractivity contribution in [2.75, 3.05) is 6.61 Å². The Balaban J connectivity index is 0. The second-order valence-corrected chi connectivity index (χ2v) is 2.61. The van der Waals surface area contributed by atoms with Crippen LogP contribution in [0.25, 0.3) is 0 Å². The minimum Gasteiger partial charge on any atom is -0.466 e. The second kappa shape index (κ2) is 11.1. The third-order valence-corrected chi connectivity index (χ3v) is 1.26. The van der Waals surface area contributed by atoms with Crippen LogP contribution in [0.5, 0.6) is 0 Å². The average Bonchev–Trinajstić information content (AvgIpc) is 2.06. The molecule has 0 heterocycles. The summed E-state index contributed by atoms with van der Waals surface area (Å²) in [4.78, 5) is 20.2. The number of ketones is 1. The van der Waals surface area contributed by atoms with Crippen molar-refractivity contribution < 1.29 is 14.3 Å². The van der Waals surface area contributed by atoms with Crippen molar-refractivity contribution in [3.63, 3.8) is 0 Å². The zero-order valence-electron chi connectivity index (χ0n) is 9.05. The van der Waals surface area contributed by atoms with Crippen molar-refractivity contribution >= 4 is 11.8 Å². The zero-order chi connectivity index (χ0) is 10.7. The molecule has 0 aromatic rings. The number of esters is 1. The second-order valence-electron chi connectivity index (χ2n) is 2.61. The van der Waals surface area contributed by atoms with E-state index in [1.807, 2.05) is 20.8 Å². The molecule has 78 valence electrons. The SMILES string of the molecule is CCC(C)=O.CCCC(=O)OCC. The molecule has 0 saturated carbocycles. The van der Waals surface area contributed by atoms with Crippen molar-refractivity contribution in [1.82, 2.24) is 0 Å². The molecule has 0 saturated heterocycles. The monoisotopic (exact) mass is 188 g/mol. The fraction of sp³-hybridized carbons (Fsp3) is 0.800. The van der Waals surface area contributed by atoms with Crippen LogP contribution in [0.1, 0.15) is 47.0 Å². The van der Waals surface area contributed by atoms with E-state index >= 15 is 0 Å². The molecule has 0 atom stereocenters. The van der Waals surface area contributed by atoms with E-state index in [0.29, 0.717) is 19.4 Å². The normalized spacial score (nSPS) is 8.31. The molecule has 13 heavy (non-hydrogen) atoms. The Morgan fingerprint density at radius 3 is 1.85 bits per heavy atom. The Bertz CT molecular complexity index is 133. The van der Waals surface area contributed by atoms with Crippen LogP contribution in [0.15, 0.2) is 0 Å². The number of carbonyl (C=O) groups is 2. The molecule has 0 rings (SSSR count). The van der Waals surface area contributed by atoms with Gasteiger partial charge in [-0.15, -0.1) is 0 Å². The Morgan fingerprint density at radius 2 is 1.62 bits per heavy atom. The number of ether oxygens (including phenoxy) is 1. The maximum atomic E-state index is 10.4. The first-order chi connectivity index (χ1) is 6.08. The van der Waals surface area contributed by atoms with Gasteiger partial charge < -0.3 is 9.53 Å². The molecule has 0 aromatic heterocycles. The summed E-state index contributed by atoms with van der Waals surface area (Å²) in [5.74, 6) is 0.167. The summed E-state index contributed by atoms with van der Waals surface area (Å²) < 4.78 is 4.64. The molecule has 3 nitrogen and oxygen atoms in total. The Hall–Kier alpha value is -0.860. The predicted molar refractivity (Wildman–Crippen MR) is 52.5 cm³/mol. The van der Waals surface area contributed by atoms with Gasteiger partial charge in [0.1, 0.15) is 5.78 Å². The van der Waals surface area contributed by atoms with Gasteiger partial charge in [-0.25, -0.2) is 0 Å². The van der Waals surface area contributed by atoms with Crippen molar-refractivity contribution in [3.05, 3.63) is 0 Å². The van der Waals surface area contributed by atoms with Crippen molar-refractivity contribution in [1.29, 1.82) is 0 Å². The van der Waals surface area contributed by atoms with Crippen LogP contribution in [-0.4, -0.2) is 18.4 Å². The van der Waals surface area contributed by atoms with E-state index in [0.717, 1.165) is 6.42 Å². The van der Waals surface area contributed by atoms with Crippen molar-refractivity contribution in [2.24, 2.45) is 0 Å². The molecular weight excluding hydrogens is 168 g/mol. The number of rotatable bonds is 4. The van der Waals surface area contributed by atoms with Gasteiger partial charge in [0.25, 0.3) is 0 Å². The van der Waals surface area contributed by atoms with Crippen LogP contribution in [-0.2, 0) is 14.3 Å². The Morgan fingerprint density at radius 1 is 1.15 bits per heavy atom. The lowest BCUT2D eigenvalue weighted by Gasteiger charge is -1.96. The third-order valence-electron chi connectivity index (χ3n) is 1.26. The molecule has 0 spiro atoms. The molecular formula is C10H20O3. The summed E-state index contributed by atoms with van der Waals surface area (Å²) in [7, 11) is 0. The minimum atomic E-state index is -0.0880. The van der Waals surface area contributed by atoms with Gasteiger partial charge in [-0.05, 0) is 20.3 Å². The highest BCUT2D eigenvalue weighted by molar-refractivity contribution is 5.74. The molecule has 3 heteroatoms. The third kappa shape index (κ3) is 18.3. The van der Waals surface area contributed by atoms with Gasteiger partial charge in [0.2, 0.25) is 0 Å². The van der Waals surface area contributed by atoms with Gasteiger partial charge in [-0.2, -0.15) is 0 Å². The highest BCUT2D eigenvalue weighted by Crippen LogP contribution is 1.89. The fourth-order valence-corrected chi connectivity index (χ4v) is 0.437. The number of hydrogen-bond donors (Lipinski definition) is 0. The highest BCUT2D eigenvalue weighted by Gasteiger charge is 1.95. The predicted octanol–water partition coefficient (Wildman–Crippen LogP) is 2.33. The first kappa shape index (κ1) is 14.7. The van der Waals surface area contributed by atoms with Crippen LogP contribution in [0.4, 0.5) is 0 Å². The summed E-state index contributed by atoms with van der Waals surface area (Å²) in [6, 6.07) is 0. The lowest BCUT2D eigenvalue weighted by molar-refractivity contribution is -0.143. The summed E-state index contributed by atoms with van der Waals surface area (Å²) >= 11 is 0. The van der Waals surface area contributed by atoms with E-state index in [4.69, 9.17) is 0 Å². The van der Waals surface area contributed by atoms with Gasteiger partial charge in [0, 0.05) is 12.8 Å². The number of hydrogen-bond acceptors (Lipinski definition) is 3. The molecule has 0 N–H and O–H groups in total. The van der Waals surface area contributed by atoms with Crippen LogP contribution < -0.4 is 0 Å². The molecule has 0 aliphatic carbocycles. The topological polar surface area (TPSA) is 43.4 Å². The van der Waals surface area contributed by atoms with Gasteiger partial charge in [0.15, 0.2) is 0 Å². The zero-order valence-corrected chi connectivity index (χ0v) is 9.05. The molecule has 0 radical (unpaired) electrons. The molecule has 0 bridgehead atoms. The molecule has 0 unspecified atom stereocenters. The summed E-state index contributed by atoms with van der Waals surface area (Å²) in [6.07, 6.45) is 2.09. The summed E-state index contributed by atoms with van der Waals surface area (Å²) in [5, 5.41) is 0. The van der Waals surface area contributed by atoms with Crippen LogP contribution >= 0.6 is 0 Å². The Labute approximate surface area is 80.5 Å². The standard InChI is InChI=1S/C6H12O2.C4H8O/c1-3-5-6(7)8-4-2;1-3-4(2)5/h3-5H2,1-2H3;3H2,1-2H3. The lowest BCUT2D eigenvalue weighted by atomic mass is 10.3. The van der Waals surface area contributed by atoms with Crippen LogP contribution in [0.3, 0.4) is 0 Å². The largest absolute Gasteiger partial charge is 0.466 e. The van der Waals surface area contributed by atoms with Gasteiger partial charge in [0.05, 0.1) is 6.61 Å². The summed E-state index contributed by atoms with van der Waals surface area (Å²) in [5.41, 5.74) is 0. The molecule has 0 fully saturated rings. The summed E-state index contributed by atoms with van der Waals surface area (Å²) in [6.45, 7) is 7.70. The number of Topliss-reactive ketones (excluding diaryl/α,β-unsaturated/α-hetero) is 1. The van der Waals surface area contributed by atoms with Gasteiger partial charge in [-0.1, -0.05) is 13.8 Å². The van der Waals surface area contributed by atoms with E-state index in [1.54, 1.807) is 6.92 Å². The van der Waals surface area contributed by atoms with Crippen LogP contribution in [0, 0.1) is 0 Å². The fourth-order valence-electron chi connectivity index (χ4n) is 0.437. The maximum absolute atomic E-state index is 10.4. The van der Waals surface area contributed by atoms with Crippen molar-refractivity contribution in [2.45, 2.75) is 47.0 Å². The first-order valence-electron chi connectivity index (χ1n) is 4.73. The van der Waals surface area contributed by atoms with E-state index in [9.17, 15) is 9.59 Å². The van der Waals surface area contributed by atoms with Gasteiger partial charge in [-0.3, -0.25) is 4.79 Å². The average molecular weight is 188 g/mol. The van der Waals surface area contributed by atoms with E-state index in [1.165, 1.54) is 0 Å². The van der Waals surface area contributed by atoms with E-state index < -0.39 is 0 Å². The molecule has 0 amide bonds. The highest BCUT2D eigenvalue weighted by atomic mass is 16.5. The minimum absolute atomic E-state index is 0.0880. The number of carbonyl (C=O) groups excluding carboxylic acids is 2. The lowest BCUT2D eigenvalue weighted by Crippen LogP contribution is -2.01. The first-order valence-corrected chi connectivity index (χ1v) is 4.73. The van der Waals surface area contributed by atoms with E-state index in [-0.39, 0.29) is 11.8 Å².